The van der Waals surface area contributed by atoms with Gasteiger partial charge in [-0.3, -0.25) is 15.1 Å². The van der Waals surface area contributed by atoms with Crippen molar-refractivity contribution in [1.82, 2.24) is 20.1 Å². The van der Waals surface area contributed by atoms with E-state index in [0.29, 0.717) is 17.8 Å². The highest BCUT2D eigenvalue weighted by atomic mass is 35.5. The molecule has 0 aliphatic heterocycles. The maximum atomic E-state index is 12.9. The van der Waals surface area contributed by atoms with Crippen molar-refractivity contribution in [3.63, 3.8) is 0 Å². The van der Waals surface area contributed by atoms with Gasteiger partial charge in [-0.25, -0.2) is 4.68 Å². The SMILES string of the molecule is CCS[C](NC)OC(C)C(=O)N(CC)c1cn(-c2cccnc2)nc1Cl. The Hall–Kier alpha value is -1.61. The van der Waals surface area contributed by atoms with Crippen LogP contribution in [0.3, 0.4) is 0 Å². The molecule has 0 spiro atoms. The highest BCUT2D eigenvalue weighted by Gasteiger charge is 2.27. The molecule has 0 aliphatic rings. The van der Waals surface area contributed by atoms with E-state index in [2.05, 4.69) is 15.4 Å². The summed E-state index contributed by atoms with van der Waals surface area (Å²) in [5.74, 6) is 0.655. The topological polar surface area (TPSA) is 72.3 Å². The molecule has 1 N–H and O–H groups in total. The van der Waals surface area contributed by atoms with Crippen LogP contribution < -0.4 is 10.2 Å². The third kappa shape index (κ3) is 4.97. The lowest BCUT2D eigenvalue weighted by molar-refractivity contribution is -0.127. The molecule has 1 unspecified atom stereocenters. The van der Waals surface area contributed by atoms with Gasteiger partial charge in [0.25, 0.3) is 5.91 Å². The zero-order valence-electron chi connectivity index (χ0n) is 15.3. The van der Waals surface area contributed by atoms with Gasteiger partial charge in [-0.2, -0.15) is 5.10 Å². The van der Waals surface area contributed by atoms with E-state index >= 15 is 0 Å². The van der Waals surface area contributed by atoms with Gasteiger partial charge in [0.2, 0.25) is 5.56 Å². The molecule has 0 saturated carbocycles. The van der Waals surface area contributed by atoms with Crippen LogP contribution in [0.1, 0.15) is 20.8 Å². The van der Waals surface area contributed by atoms with E-state index in [0.717, 1.165) is 11.4 Å². The number of amides is 1. The molecule has 2 heterocycles. The highest BCUT2D eigenvalue weighted by molar-refractivity contribution is 8.01. The van der Waals surface area contributed by atoms with Crippen molar-refractivity contribution in [2.75, 3.05) is 24.2 Å². The molecule has 0 bridgehead atoms. The van der Waals surface area contributed by atoms with Crippen LogP contribution in [-0.2, 0) is 9.53 Å². The van der Waals surface area contributed by atoms with Crippen LogP contribution in [0.4, 0.5) is 5.69 Å². The molecule has 9 heteroatoms. The second kappa shape index (κ2) is 9.91. The molecule has 0 aliphatic carbocycles. The van der Waals surface area contributed by atoms with Crippen molar-refractivity contribution in [3.8, 4) is 5.69 Å². The molecule has 1 amide bonds. The van der Waals surface area contributed by atoms with Gasteiger partial charge < -0.3 is 9.64 Å². The zero-order chi connectivity index (χ0) is 19.1. The van der Waals surface area contributed by atoms with Crippen molar-refractivity contribution in [2.24, 2.45) is 0 Å². The number of rotatable bonds is 9. The summed E-state index contributed by atoms with van der Waals surface area (Å²) in [7, 11) is 1.77. The molecule has 7 nitrogen and oxygen atoms in total. The Balaban J connectivity index is 2.19. The van der Waals surface area contributed by atoms with Crippen molar-refractivity contribution in [1.29, 1.82) is 0 Å². The van der Waals surface area contributed by atoms with Crippen molar-refractivity contribution in [3.05, 3.63) is 41.4 Å². The minimum absolute atomic E-state index is 0.190. The molecule has 2 rings (SSSR count). The van der Waals surface area contributed by atoms with Crippen molar-refractivity contribution < 1.29 is 9.53 Å². The predicted octanol–water partition coefficient (Wildman–Crippen LogP) is 3.10. The summed E-state index contributed by atoms with van der Waals surface area (Å²) >= 11 is 7.80. The molecule has 2 aromatic heterocycles. The zero-order valence-corrected chi connectivity index (χ0v) is 16.8. The fourth-order valence-corrected chi connectivity index (χ4v) is 3.17. The lowest BCUT2D eigenvalue weighted by atomic mass is 10.3. The molecule has 1 radical (unpaired) electrons. The third-order valence-corrected chi connectivity index (χ3v) is 4.67. The largest absolute Gasteiger partial charge is 0.333 e. The van der Waals surface area contributed by atoms with E-state index in [1.807, 2.05) is 26.0 Å². The number of likely N-dealkylation sites (N-methyl/N-ethyl adjacent to an activating group) is 1. The number of nitrogens with one attached hydrogen (secondary N) is 1. The molecule has 0 fully saturated rings. The van der Waals surface area contributed by atoms with E-state index < -0.39 is 6.10 Å². The van der Waals surface area contributed by atoms with Gasteiger partial charge in [0, 0.05) is 12.7 Å². The van der Waals surface area contributed by atoms with Crippen LogP contribution in [0.2, 0.25) is 5.15 Å². The van der Waals surface area contributed by atoms with Gasteiger partial charge in [-0.05, 0) is 38.8 Å². The Morgan fingerprint density at radius 1 is 1.50 bits per heavy atom. The fraction of sp³-hybridized carbons (Fsp3) is 0.412. The normalized spacial score (nSPS) is 12.4. The van der Waals surface area contributed by atoms with Crippen LogP contribution in [0.15, 0.2) is 30.7 Å². The quantitative estimate of drug-likeness (QED) is 0.702. The summed E-state index contributed by atoms with van der Waals surface area (Å²) in [6.07, 6.45) is 4.42. The minimum atomic E-state index is -0.658. The molecule has 26 heavy (non-hydrogen) atoms. The van der Waals surface area contributed by atoms with E-state index in [1.54, 1.807) is 42.1 Å². The van der Waals surface area contributed by atoms with Gasteiger partial charge in [-0.1, -0.05) is 18.5 Å². The van der Waals surface area contributed by atoms with Crippen molar-refractivity contribution in [2.45, 2.75) is 26.9 Å². The highest BCUT2D eigenvalue weighted by Crippen LogP contribution is 2.27. The van der Waals surface area contributed by atoms with Gasteiger partial charge in [0.15, 0.2) is 5.15 Å². The molecule has 2 aromatic rings. The first-order chi connectivity index (χ1) is 12.5. The first-order valence-electron chi connectivity index (χ1n) is 8.32. The molecular weight excluding hydrogens is 374 g/mol. The maximum Gasteiger partial charge on any atom is 0.256 e. The van der Waals surface area contributed by atoms with Crippen LogP contribution in [0, 0.1) is 5.56 Å². The number of thioether (sulfide) groups is 1. The van der Waals surface area contributed by atoms with E-state index in [1.165, 1.54) is 11.8 Å². The number of hydrogen-bond acceptors (Lipinski definition) is 6. The average molecular weight is 397 g/mol. The maximum absolute atomic E-state index is 12.9. The number of anilines is 1. The van der Waals surface area contributed by atoms with E-state index in [9.17, 15) is 4.79 Å². The smallest absolute Gasteiger partial charge is 0.256 e. The molecule has 0 saturated heterocycles. The number of aromatic nitrogens is 3. The summed E-state index contributed by atoms with van der Waals surface area (Å²) in [4.78, 5) is 18.5. The number of carbonyl (C=O) groups excluding carboxylic acids is 1. The third-order valence-electron chi connectivity index (χ3n) is 3.55. The Morgan fingerprint density at radius 2 is 2.27 bits per heavy atom. The summed E-state index contributed by atoms with van der Waals surface area (Å²) < 4.78 is 7.34. The van der Waals surface area contributed by atoms with Gasteiger partial charge in [0.05, 0.1) is 18.1 Å². The van der Waals surface area contributed by atoms with Gasteiger partial charge >= 0.3 is 0 Å². The van der Waals surface area contributed by atoms with Crippen LogP contribution in [0.5, 0.6) is 0 Å². The number of nitrogens with zero attached hydrogens (tertiary/aromatic N) is 4. The Morgan fingerprint density at radius 3 is 2.85 bits per heavy atom. The van der Waals surface area contributed by atoms with E-state index in [4.69, 9.17) is 16.3 Å². The standard InChI is InChI=1S/C17H23ClN5O2S/c1-5-22(16(24)12(3)25-17(19-4)26-6-2)14-11-23(21-15(14)18)13-8-7-9-20-10-13/h7-12,19H,5-6H2,1-4H3. The number of pyridine rings is 1. The number of carbonyl (C=O) groups is 1. The summed E-state index contributed by atoms with van der Waals surface area (Å²) in [5.41, 5.74) is 1.91. The second-order valence-electron chi connectivity index (χ2n) is 5.27. The number of halogens is 1. The van der Waals surface area contributed by atoms with Crippen LogP contribution >= 0.6 is 23.4 Å². The van der Waals surface area contributed by atoms with Gasteiger partial charge in [0.1, 0.15) is 11.8 Å². The first kappa shape index (κ1) is 20.7. The van der Waals surface area contributed by atoms with E-state index in [-0.39, 0.29) is 11.1 Å². The van der Waals surface area contributed by atoms with Crippen molar-refractivity contribution >= 4 is 35.0 Å². The summed E-state index contributed by atoms with van der Waals surface area (Å²) in [6.45, 7) is 6.06. The molecule has 0 aromatic carbocycles. The van der Waals surface area contributed by atoms with Crippen LogP contribution in [-0.4, -0.2) is 46.1 Å². The lowest BCUT2D eigenvalue weighted by Gasteiger charge is -2.25. The Bertz CT molecular complexity index is 712. The van der Waals surface area contributed by atoms with Crippen LogP contribution in [0.25, 0.3) is 5.69 Å². The van der Waals surface area contributed by atoms with Gasteiger partial charge in [-0.15, -0.1) is 11.8 Å². The fourth-order valence-electron chi connectivity index (χ4n) is 2.32. The minimum Gasteiger partial charge on any atom is -0.333 e. The molecule has 141 valence electrons. The molecule has 1 atom stereocenters. The predicted molar refractivity (Wildman–Crippen MR) is 105 cm³/mol. The Labute approximate surface area is 163 Å². The average Bonchev–Trinajstić information content (AvgIpc) is 3.04. The Kier molecular flexibility index (Phi) is 7.89. The summed E-state index contributed by atoms with van der Waals surface area (Å²) in [5, 5.41) is 7.49. The second-order valence-corrected chi connectivity index (χ2v) is 6.87. The lowest BCUT2D eigenvalue weighted by Crippen LogP contribution is -2.40. The molecular formula is C17H23ClN5O2S. The summed E-state index contributed by atoms with van der Waals surface area (Å²) in [6, 6.07) is 3.67. The first-order valence-corrected chi connectivity index (χ1v) is 9.69. The monoisotopic (exact) mass is 396 g/mol. The number of hydrogen-bond donors (Lipinski definition) is 1. The number of ether oxygens (including phenoxy) is 1.